The van der Waals surface area contributed by atoms with Crippen molar-refractivity contribution in [1.82, 2.24) is 9.97 Å². The van der Waals surface area contributed by atoms with Crippen molar-refractivity contribution < 1.29 is 18.9 Å². The van der Waals surface area contributed by atoms with Crippen molar-refractivity contribution in [3.63, 3.8) is 0 Å². The van der Waals surface area contributed by atoms with E-state index in [-0.39, 0.29) is 21.6 Å². The molecular weight excluding hydrogens is 274 g/mol. The highest BCUT2D eigenvalue weighted by Crippen LogP contribution is 2.32. The smallest absolute Gasteiger partial charge is 0.356 e. The molecule has 0 saturated heterocycles. The third kappa shape index (κ3) is 2.88. The van der Waals surface area contributed by atoms with Crippen molar-refractivity contribution in [2.75, 3.05) is 7.11 Å². The number of methoxy groups -OCH3 is 1. The molecular formula is C10H7N3O5S. The summed E-state index contributed by atoms with van der Waals surface area (Å²) in [6.45, 7) is 0. The SMILES string of the molecule is COC(=O)c1ccc([N+](=O)[O-])c(Sc2ncco2)n1. The molecule has 0 atom stereocenters. The van der Waals surface area contributed by atoms with Gasteiger partial charge in [-0.1, -0.05) is 0 Å². The maximum Gasteiger partial charge on any atom is 0.356 e. The molecule has 2 heterocycles. The Morgan fingerprint density at radius 1 is 1.53 bits per heavy atom. The molecule has 9 heteroatoms. The number of nitrogens with zero attached hydrogens (tertiary/aromatic N) is 3. The van der Waals surface area contributed by atoms with Crippen LogP contribution in [0.5, 0.6) is 0 Å². The fraction of sp³-hybridized carbons (Fsp3) is 0.100. The lowest BCUT2D eigenvalue weighted by Gasteiger charge is -2.02. The van der Waals surface area contributed by atoms with E-state index >= 15 is 0 Å². The number of oxazole rings is 1. The van der Waals surface area contributed by atoms with Gasteiger partial charge < -0.3 is 9.15 Å². The molecule has 0 unspecified atom stereocenters. The quantitative estimate of drug-likeness (QED) is 0.475. The lowest BCUT2D eigenvalue weighted by molar-refractivity contribution is -0.388. The van der Waals surface area contributed by atoms with Gasteiger partial charge >= 0.3 is 11.7 Å². The third-order valence-electron chi connectivity index (χ3n) is 2.03. The zero-order valence-electron chi connectivity index (χ0n) is 9.60. The van der Waals surface area contributed by atoms with E-state index in [0.717, 1.165) is 11.8 Å². The first-order valence-electron chi connectivity index (χ1n) is 4.93. The number of hydrogen-bond donors (Lipinski definition) is 0. The molecule has 0 amide bonds. The van der Waals surface area contributed by atoms with Crippen molar-refractivity contribution >= 4 is 23.4 Å². The Morgan fingerprint density at radius 2 is 2.32 bits per heavy atom. The van der Waals surface area contributed by atoms with Gasteiger partial charge in [0.05, 0.1) is 18.2 Å². The van der Waals surface area contributed by atoms with Crippen LogP contribution in [-0.2, 0) is 4.74 Å². The van der Waals surface area contributed by atoms with Crippen LogP contribution >= 0.6 is 11.8 Å². The second-order valence-corrected chi connectivity index (χ2v) is 4.11. The molecule has 0 aliphatic heterocycles. The summed E-state index contributed by atoms with van der Waals surface area (Å²) in [6.07, 6.45) is 2.73. The average Bonchev–Trinajstić information content (AvgIpc) is 2.90. The summed E-state index contributed by atoms with van der Waals surface area (Å²) < 4.78 is 9.48. The van der Waals surface area contributed by atoms with Crippen molar-refractivity contribution in [2.45, 2.75) is 10.2 Å². The second kappa shape index (κ2) is 5.48. The number of carbonyl (C=O) groups is 1. The summed E-state index contributed by atoms with van der Waals surface area (Å²) in [5, 5.41) is 11.1. The topological polar surface area (TPSA) is 108 Å². The molecule has 2 rings (SSSR count). The standard InChI is InChI=1S/C10H7N3O5S/c1-17-9(14)6-2-3-7(13(15)16)8(12-6)19-10-11-4-5-18-10/h2-5H,1H3. The van der Waals surface area contributed by atoms with E-state index in [1.165, 1.54) is 31.7 Å². The summed E-state index contributed by atoms with van der Waals surface area (Å²) in [5.74, 6) is -0.677. The highest BCUT2D eigenvalue weighted by Gasteiger charge is 2.21. The van der Waals surface area contributed by atoms with Crippen LogP contribution in [-0.4, -0.2) is 28.0 Å². The summed E-state index contributed by atoms with van der Waals surface area (Å²) in [5.41, 5.74) is -0.266. The highest BCUT2D eigenvalue weighted by atomic mass is 32.2. The van der Waals surface area contributed by atoms with Crippen molar-refractivity contribution in [3.05, 3.63) is 40.4 Å². The summed E-state index contributed by atoms with van der Waals surface area (Å²) in [7, 11) is 1.20. The van der Waals surface area contributed by atoms with E-state index in [1.807, 2.05) is 0 Å². The predicted octanol–water partition coefficient (Wildman–Crippen LogP) is 1.92. The molecule has 0 aromatic carbocycles. The molecule has 0 saturated carbocycles. The van der Waals surface area contributed by atoms with Crippen LogP contribution in [0.3, 0.4) is 0 Å². The van der Waals surface area contributed by atoms with E-state index in [1.54, 1.807) is 0 Å². The molecule has 19 heavy (non-hydrogen) atoms. The van der Waals surface area contributed by atoms with Gasteiger partial charge in [0.1, 0.15) is 12.0 Å². The number of esters is 1. The number of aromatic nitrogens is 2. The Labute approximate surface area is 111 Å². The van der Waals surface area contributed by atoms with Crippen LogP contribution in [0.4, 0.5) is 5.69 Å². The van der Waals surface area contributed by atoms with E-state index in [2.05, 4.69) is 14.7 Å². The van der Waals surface area contributed by atoms with Crippen LogP contribution in [0.2, 0.25) is 0 Å². The number of carbonyl (C=O) groups excluding carboxylic acids is 1. The van der Waals surface area contributed by atoms with Gasteiger partial charge in [-0.2, -0.15) is 0 Å². The molecule has 98 valence electrons. The Bertz CT molecular complexity index is 614. The molecule has 0 aliphatic rings. The predicted molar refractivity (Wildman–Crippen MR) is 62.9 cm³/mol. The van der Waals surface area contributed by atoms with Crippen LogP contribution in [0.1, 0.15) is 10.5 Å². The first kappa shape index (κ1) is 13.0. The molecule has 0 N–H and O–H groups in total. The van der Waals surface area contributed by atoms with Crippen molar-refractivity contribution in [1.29, 1.82) is 0 Å². The minimum absolute atomic E-state index is 0.00958. The Hall–Kier alpha value is -2.42. The summed E-state index contributed by atoms with van der Waals surface area (Å²) >= 11 is 0.853. The Kier molecular flexibility index (Phi) is 3.76. The summed E-state index contributed by atoms with van der Waals surface area (Å²) in [6, 6.07) is 2.41. The molecule has 8 nitrogen and oxygen atoms in total. The Balaban J connectivity index is 2.41. The minimum atomic E-state index is -0.677. The van der Waals surface area contributed by atoms with Crippen molar-refractivity contribution in [3.8, 4) is 0 Å². The zero-order valence-corrected chi connectivity index (χ0v) is 10.4. The van der Waals surface area contributed by atoms with Crippen LogP contribution in [0, 0.1) is 10.1 Å². The number of hydrogen-bond acceptors (Lipinski definition) is 8. The van der Waals surface area contributed by atoms with Crippen LogP contribution in [0.15, 0.2) is 39.3 Å². The van der Waals surface area contributed by atoms with Gasteiger partial charge in [-0.15, -0.1) is 0 Å². The monoisotopic (exact) mass is 281 g/mol. The zero-order chi connectivity index (χ0) is 13.8. The third-order valence-corrected chi connectivity index (χ3v) is 2.90. The maximum absolute atomic E-state index is 11.3. The number of nitro groups is 1. The lowest BCUT2D eigenvalue weighted by atomic mass is 10.3. The summed E-state index contributed by atoms with van der Waals surface area (Å²) in [4.78, 5) is 29.3. The van der Waals surface area contributed by atoms with Gasteiger partial charge in [0.15, 0.2) is 5.03 Å². The van der Waals surface area contributed by atoms with Gasteiger partial charge in [-0.25, -0.2) is 14.8 Å². The Morgan fingerprint density at radius 3 is 2.89 bits per heavy atom. The maximum atomic E-state index is 11.3. The molecule has 0 fully saturated rings. The molecule has 2 aromatic rings. The van der Waals surface area contributed by atoms with Gasteiger partial charge in [0.2, 0.25) is 0 Å². The fourth-order valence-electron chi connectivity index (χ4n) is 1.21. The first-order valence-corrected chi connectivity index (χ1v) is 5.74. The first-order chi connectivity index (χ1) is 9.11. The van der Waals surface area contributed by atoms with Gasteiger partial charge in [-0.3, -0.25) is 10.1 Å². The van der Waals surface area contributed by atoms with E-state index in [4.69, 9.17) is 4.42 Å². The lowest BCUT2D eigenvalue weighted by Crippen LogP contribution is -2.06. The van der Waals surface area contributed by atoms with Crippen LogP contribution < -0.4 is 0 Å². The number of ether oxygens (including phenoxy) is 1. The fourth-order valence-corrected chi connectivity index (χ4v) is 1.98. The van der Waals surface area contributed by atoms with Gasteiger partial charge in [-0.05, 0) is 17.8 Å². The largest absolute Gasteiger partial charge is 0.464 e. The molecule has 0 spiro atoms. The van der Waals surface area contributed by atoms with Gasteiger partial charge in [0.25, 0.3) is 5.22 Å². The molecule has 0 aliphatic carbocycles. The molecule has 0 bridgehead atoms. The van der Waals surface area contributed by atoms with Gasteiger partial charge in [0, 0.05) is 6.07 Å². The van der Waals surface area contributed by atoms with E-state index in [9.17, 15) is 14.9 Å². The average molecular weight is 281 g/mol. The number of pyridine rings is 1. The second-order valence-electron chi connectivity index (χ2n) is 3.17. The van der Waals surface area contributed by atoms with Crippen LogP contribution in [0.25, 0.3) is 0 Å². The van der Waals surface area contributed by atoms with Crippen molar-refractivity contribution in [2.24, 2.45) is 0 Å². The van der Waals surface area contributed by atoms with E-state index < -0.39 is 10.9 Å². The van der Waals surface area contributed by atoms with E-state index in [0.29, 0.717) is 0 Å². The molecule has 0 radical (unpaired) electrons. The number of rotatable bonds is 4. The highest BCUT2D eigenvalue weighted by molar-refractivity contribution is 7.99. The minimum Gasteiger partial charge on any atom is -0.464 e. The molecule has 2 aromatic heterocycles. The normalized spacial score (nSPS) is 10.2.